The Labute approximate surface area is 127 Å². The minimum Gasteiger partial charge on any atom is -0.497 e. The molecule has 3 aromatic rings. The Bertz CT molecular complexity index is 655. The van der Waals surface area contributed by atoms with Crippen molar-refractivity contribution in [2.45, 2.75) is 4.90 Å². The van der Waals surface area contributed by atoms with Crippen LogP contribution in [0.2, 0.25) is 0 Å². The minimum atomic E-state index is 0.751. The second-order valence-electron chi connectivity index (χ2n) is 4.53. The molecule has 0 N–H and O–H groups in total. The van der Waals surface area contributed by atoms with Crippen molar-refractivity contribution in [2.24, 2.45) is 0 Å². The Morgan fingerprint density at radius 1 is 0.952 bits per heavy atom. The van der Waals surface area contributed by atoms with Crippen molar-refractivity contribution in [3.05, 3.63) is 54.6 Å². The molecule has 3 nitrogen and oxygen atoms in total. The molecule has 0 fully saturated rings. The fraction of sp³-hybridized carbons (Fsp3) is 0.118. The molecular weight excluding hydrogens is 282 g/mol. The van der Waals surface area contributed by atoms with E-state index in [1.165, 1.54) is 4.90 Å². The maximum absolute atomic E-state index is 5.44. The highest BCUT2D eigenvalue weighted by atomic mass is 32.2. The fourth-order valence-corrected chi connectivity index (χ4v) is 2.47. The van der Waals surface area contributed by atoms with Crippen LogP contribution in [-0.4, -0.2) is 18.5 Å². The summed E-state index contributed by atoms with van der Waals surface area (Å²) in [6, 6.07) is 18.0. The second-order valence-corrected chi connectivity index (χ2v) is 5.41. The maximum atomic E-state index is 5.44. The highest BCUT2D eigenvalue weighted by Crippen LogP contribution is 2.28. The van der Waals surface area contributed by atoms with Crippen LogP contribution in [0.4, 0.5) is 0 Å². The summed E-state index contributed by atoms with van der Waals surface area (Å²) in [7, 11) is 1.65. The van der Waals surface area contributed by atoms with Crippen molar-refractivity contribution in [3.8, 4) is 28.3 Å². The zero-order chi connectivity index (χ0) is 14.7. The number of nitrogens with zero attached hydrogens (tertiary/aromatic N) is 1. The lowest BCUT2D eigenvalue weighted by Gasteiger charge is -1.99. The van der Waals surface area contributed by atoms with Gasteiger partial charge >= 0.3 is 0 Å². The quantitative estimate of drug-likeness (QED) is 0.652. The maximum Gasteiger partial charge on any atom is 0.167 e. The van der Waals surface area contributed by atoms with Crippen molar-refractivity contribution in [1.29, 1.82) is 0 Å². The molecule has 0 aliphatic rings. The van der Waals surface area contributed by atoms with Crippen LogP contribution in [0.1, 0.15) is 0 Å². The van der Waals surface area contributed by atoms with Crippen LogP contribution >= 0.6 is 11.8 Å². The molecule has 0 radical (unpaired) electrons. The summed E-state index contributed by atoms with van der Waals surface area (Å²) in [5, 5.41) is 4.15. The van der Waals surface area contributed by atoms with Gasteiger partial charge in [0.2, 0.25) is 0 Å². The molecule has 0 bridgehead atoms. The Hall–Kier alpha value is -2.20. The van der Waals surface area contributed by atoms with Gasteiger partial charge in [0.1, 0.15) is 11.4 Å². The van der Waals surface area contributed by atoms with Gasteiger partial charge in [-0.2, -0.15) is 0 Å². The summed E-state index contributed by atoms with van der Waals surface area (Å²) in [6.45, 7) is 0. The second kappa shape index (κ2) is 6.06. The van der Waals surface area contributed by atoms with Gasteiger partial charge in [-0.05, 0) is 42.7 Å². The summed E-state index contributed by atoms with van der Waals surface area (Å²) in [6.07, 6.45) is 2.06. The van der Waals surface area contributed by atoms with Gasteiger partial charge in [-0.25, -0.2) is 0 Å². The molecule has 0 saturated carbocycles. The third-order valence-corrected chi connectivity index (χ3v) is 4.01. The number of benzene rings is 2. The van der Waals surface area contributed by atoms with E-state index in [1.54, 1.807) is 18.9 Å². The molecule has 0 spiro atoms. The average Bonchev–Trinajstić information content (AvgIpc) is 3.05. The number of ether oxygens (including phenoxy) is 1. The van der Waals surface area contributed by atoms with Crippen molar-refractivity contribution in [2.75, 3.05) is 13.4 Å². The first kappa shape index (κ1) is 13.8. The Morgan fingerprint density at radius 3 is 2.24 bits per heavy atom. The number of rotatable bonds is 4. The number of aromatic nitrogens is 1. The minimum absolute atomic E-state index is 0.751. The van der Waals surface area contributed by atoms with E-state index in [0.717, 1.165) is 28.3 Å². The van der Waals surface area contributed by atoms with Gasteiger partial charge in [-0.1, -0.05) is 17.3 Å². The Balaban J connectivity index is 1.87. The van der Waals surface area contributed by atoms with E-state index in [0.29, 0.717) is 0 Å². The smallest absolute Gasteiger partial charge is 0.167 e. The molecule has 1 heterocycles. The predicted octanol–water partition coefficient (Wildman–Crippen LogP) is 4.74. The molecule has 0 aliphatic heterocycles. The lowest BCUT2D eigenvalue weighted by atomic mass is 10.1. The third-order valence-electron chi connectivity index (χ3n) is 3.27. The van der Waals surface area contributed by atoms with Gasteiger partial charge in [-0.15, -0.1) is 11.8 Å². The van der Waals surface area contributed by atoms with Crippen LogP contribution in [0.5, 0.6) is 5.75 Å². The zero-order valence-electron chi connectivity index (χ0n) is 11.9. The molecule has 0 unspecified atom stereocenters. The first-order valence-electron chi connectivity index (χ1n) is 6.56. The molecule has 0 saturated heterocycles. The van der Waals surface area contributed by atoms with Crippen LogP contribution in [0.25, 0.3) is 22.6 Å². The third kappa shape index (κ3) is 2.95. The van der Waals surface area contributed by atoms with Gasteiger partial charge in [0.05, 0.1) is 7.11 Å². The summed E-state index contributed by atoms with van der Waals surface area (Å²) in [4.78, 5) is 1.23. The monoisotopic (exact) mass is 297 g/mol. The number of methoxy groups -OCH3 is 1. The van der Waals surface area contributed by atoms with Gasteiger partial charge < -0.3 is 9.26 Å². The number of thioether (sulfide) groups is 1. The number of hydrogen-bond acceptors (Lipinski definition) is 4. The first-order valence-corrected chi connectivity index (χ1v) is 7.78. The van der Waals surface area contributed by atoms with E-state index >= 15 is 0 Å². The van der Waals surface area contributed by atoms with E-state index in [2.05, 4.69) is 35.7 Å². The summed E-state index contributed by atoms with van der Waals surface area (Å²) < 4.78 is 10.6. The van der Waals surface area contributed by atoms with Gasteiger partial charge in [0.15, 0.2) is 5.76 Å². The zero-order valence-corrected chi connectivity index (χ0v) is 12.7. The molecule has 106 valence electrons. The highest BCUT2D eigenvalue weighted by Gasteiger charge is 2.08. The Kier molecular flexibility index (Phi) is 3.97. The first-order chi connectivity index (χ1) is 10.3. The van der Waals surface area contributed by atoms with Crippen LogP contribution in [0.15, 0.2) is 64.0 Å². The van der Waals surface area contributed by atoms with Gasteiger partial charge in [0, 0.05) is 22.1 Å². The van der Waals surface area contributed by atoms with E-state index in [1.807, 2.05) is 30.3 Å². The largest absolute Gasteiger partial charge is 0.497 e. The van der Waals surface area contributed by atoms with E-state index in [9.17, 15) is 0 Å². The molecule has 2 aromatic carbocycles. The normalized spacial score (nSPS) is 10.6. The SMILES string of the molecule is COc1ccc(-c2cc(-c3ccc(SC)cc3)no2)cc1. The molecule has 0 atom stereocenters. The lowest BCUT2D eigenvalue weighted by molar-refractivity contribution is 0.414. The topological polar surface area (TPSA) is 35.3 Å². The van der Waals surface area contributed by atoms with E-state index in [-0.39, 0.29) is 0 Å². The molecule has 1 aromatic heterocycles. The molecule has 0 aliphatic carbocycles. The predicted molar refractivity (Wildman–Crippen MR) is 85.7 cm³/mol. The van der Waals surface area contributed by atoms with Gasteiger partial charge in [0.25, 0.3) is 0 Å². The molecular formula is C17H15NO2S. The summed E-state index contributed by atoms with van der Waals surface area (Å²) in [5.74, 6) is 1.58. The standard InChI is InChI=1S/C17H15NO2S/c1-19-14-7-3-13(4-8-14)17-11-16(18-20-17)12-5-9-15(21-2)10-6-12/h3-11H,1-2H3. The summed E-state index contributed by atoms with van der Waals surface area (Å²) in [5.41, 5.74) is 2.88. The van der Waals surface area contributed by atoms with Crippen molar-refractivity contribution >= 4 is 11.8 Å². The van der Waals surface area contributed by atoms with Crippen LogP contribution < -0.4 is 4.74 Å². The summed E-state index contributed by atoms with van der Waals surface area (Å²) >= 11 is 1.72. The van der Waals surface area contributed by atoms with Crippen LogP contribution in [0, 0.1) is 0 Å². The van der Waals surface area contributed by atoms with Crippen molar-refractivity contribution in [1.82, 2.24) is 5.16 Å². The molecule has 4 heteroatoms. The van der Waals surface area contributed by atoms with Gasteiger partial charge in [-0.3, -0.25) is 0 Å². The van der Waals surface area contributed by atoms with E-state index < -0.39 is 0 Å². The lowest BCUT2D eigenvalue weighted by Crippen LogP contribution is -1.81. The fourth-order valence-electron chi connectivity index (χ4n) is 2.06. The van der Waals surface area contributed by atoms with Crippen LogP contribution in [0.3, 0.4) is 0 Å². The van der Waals surface area contributed by atoms with Crippen LogP contribution in [-0.2, 0) is 0 Å². The molecule has 3 rings (SSSR count). The number of hydrogen-bond donors (Lipinski definition) is 0. The van der Waals surface area contributed by atoms with Crippen molar-refractivity contribution < 1.29 is 9.26 Å². The van der Waals surface area contributed by atoms with Crippen molar-refractivity contribution in [3.63, 3.8) is 0 Å². The molecule has 0 amide bonds. The molecule has 21 heavy (non-hydrogen) atoms. The van der Waals surface area contributed by atoms with E-state index in [4.69, 9.17) is 9.26 Å². The Morgan fingerprint density at radius 2 is 1.62 bits per heavy atom. The average molecular weight is 297 g/mol. The highest BCUT2D eigenvalue weighted by molar-refractivity contribution is 7.98.